The summed E-state index contributed by atoms with van der Waals surface area (Å²) in [5, 5.41) is 4.28. The number of amides is 3. The summed E-state index contributed by atoms with van der Waals surface area (Å²) < 4.78 is 0. The van der Waals surface area contributed by atoms with E-state index < -0.39 is 11.4 Å². The molecule has 6 heteroatoms. The van der Waals surface area contributed by atoms with E-state index in [1.807, 2.05) is 6.92 Å². The highest BCUT2D eigenvalue weighted by molar-refractivity contribution is 6.64. The van der Waals surface area contributed by atoms with Gasteiger partial charge in [0.05, 0.1) is 13.1 Å². The van der Waals surface area contributed by atoms with E-state index in [2.05, 4.69) is 5.10 Å². The molecule has 1 rings (SSSR count). The van der Waals surface area contributed by atoms with E-state index in [1.165, 1.54) is 11.2 Å². The van der Waals surface area contributed by atoms with Crippen LogP contribution in [0.1, 0.15) is 6.92 Å². The Balaban J connectivity index is 2.60. The molecule has 14 heavy (non-hydrogen) atoms. The van der Waals surface area contributed by atoms with Gasteiger partial charge in [0.1, 0.15) is 0 Å². The molecule has 0 bridgehead atoms. The van der Waals surface area contributed by atoms with Gasteiger partial charge in [-0.05, 0) is 24.6 Å². The van der Waals surface area contributed by atoms with Crippen molar-refractivity contribution in [2.24, 2.45) is 5.10 Å². The maximum absolute atomic E-state index is 11.3. The molecule has 0 aliphatic carbocycles. The quantitative estimate of drug-likeness (QED) is 0.400. The van der Waals surface area contributed by atoms with Gasteiger partial charge in [-0.1, -0.05) is 6.08 Å². The number of halogens is 1. The fourth-order valence-electron chi connectivity index (χ4n) is 1.00. The van der Waals surface area contributed by atoms with Crippen LogP contribution in [0.4, 0.5) is 9.59 Å². The number of carbonyl (C=O) groups excluding carboxylic acids is 2. The van der Waals surface area contributed by atoms with Gasteiger partial charge in [-0.25, -0.2) is 14.7 Å². The van der Waals surface area contributed by atoms with Crippen LogP contribution >= 0.6 is 11.6 Å². The number of hydrazone groups is 1. The highest BCUT2D eigenvalue weighted by Gasteiger charge is 2.31. The second-order valence-electron chi connectivity index (χ2n) is 2.60. The topological polar surface area (TPSA) is 53.0 Å². The normalized spacial score (nSPS) is 17.7. The van der Waals surface area contributed by atoms with Crippen molar-refractivity contribution in [3.05, 3.63) is 12.2 Å². The number of nitrogens with zero attached hydrogens (tertiary/aromatic N) is 3. The Kier molecular flexibility index (Phi) is 3.64. The molecule has 1 aliphatic rings. The summed E-state index contributed by atoms with van der Waals surface area (Å²) in [4.78, 5) is 23.0. The minimum Gasteiger partial charge on any atom is -0.255 e. The number of urea groups is 1. The molecule has 1 aliphatic heterocycles. The van der Waals surface area contributed by atoms with E-state index >= 15 is 0 Å². The molecule has 0 atom stereocenters. The van der Waals surface area contributed by atoms with Gasteiger partial charge in [0.15, 0.2) is 0 Å². The third kappa shape index (κ3) is 2.32. The minimum absolute atomic E-state index is 0.286. The molecule has 0 saturated carbocycles. The van der Waals surface area contributed by atoms with Crippen LogP contribution in [0.25, 0.3) is 0 Å². The van der Waals surface area contributed by atoms with Gasteiger partial charge in [-0.2, -0.15) is 5.10 Å². The molecule has 0 N–H and O–H groups in total. The first kappa shape index (κ1) is 10.7. The number of hydrogen-bond acceptors (Lipinski definition) is 3. The Morgan fingerprint density at radius 2 is 2.29 bits per heavy atom. The molecule has 1 heterocycles. The van der Waals surface area contributed by atoms with E-state index in [4.69, 9.17) is 11.6 Å². The molecule has 5 nitrogen and oxygen atoms in total. The first-order valence-corrected chi connectivity index (χ1v) is 4.48. The maximum atomic E-state index is 11.3. The summed E-state index contributed by atoms with van der Waals surface area (Å²) in [6.07, 6.45) is 4.97. The third-order valence-electron chi connectivity index (χ3n) is 1.68. The van der Waals surface area contributed by atoms with Gasteiger partial charge in [0, 0.05) is 6.21 Å². The molecule has 0 radical (unpaired) electrons. The Morgan fingerprint density at radius 3 is 2.79 bits per heavy atom. The molecule has 0 unspecified atom stereocenters. The van der Waals surface area contributed by atoms with Crippen LogP contribution in [-0.2, 0) is 0 Å². The van der Waals surface area contributed by atoms with Crippen LogP contribution in [0, 0.1) is 0 Å². The predicted molar refractivity (Wildman–Crippen MR) is 53.4 cm³/mol. The predicted octanol–water partition coefficient (Wildman–Crippen LogP) is 1.64. The van der Waals surface area contributed by atoms with Crippen LogP contribution in [0.2, 0.25) is 0 Å². The Labute approximate surface area is 86.6 Å². The SMILES string of the molecule is CC=CC=NN1CCN(C(=O)Cl)C1=O. The molecule has 0 spiro atoms. The van der Waals surface area contributed by atoms with Crippen LogP contribution in [0.15, 0.2) is 17.3 Å². The molecule has 1 fully saturated rings. The molecular formula is C8H10ClN3O2. The van der Waals surface area contributed by atoms with Crippen molar-refractivity contribution in [1.82, 2.24) is 9.91 Å². The van der Waals surface area contributed by atoms with Crippen LogP contribution in [0.3, 0.4) is 0 Å². The summed E-state index contributed by atoms with van der Waals surface area (Å²) in [6, 6.07) is -0.481. The van der Waals surface area contributed by atoms with Crippen molar-refractivity contribution in [2.45, 2.75) is 6.92 Å². The fourth-order valence-corrected chi connectivity index (χ4v) is 1.16. The van der Waals surface area contributed by atoms with E-state index in [-0.39, 0.29) is 6.54 Å². The van der Waals surface area contributed by atoms with E-state index in [1.54, 1.807) is 12.2 Å². The number of carbonyl (C=O) groups is 2. The zero-order chi connectivity index (χ0) is 10.6. The Bertz CT molecular complexity index is 301. The minimum atomic E-state index is -0.765. The average molecular weight is 216 g/mol. The molecule has 0 aromatic heterocycles. The fraction of sp³-hybridized carbons (Fsp3) is 0.375. The van der Waals surface area contributed by atoms with Crippen molar-refractivity contribution in [3.8, 4) is 0 Å². The Morgan fingerprint density at radius 1 is 1.57 bits per heavy atom. The summed E-state index contributed by atoms with van der Waals surface area (Å²) in [6.45, 7) is 2.51. The lowest BCUT2D eigenvalue weighted by Gasteiger charge is -2.09. The Hall–Kier alpha value is -1.36. The summed E-state index contributed by atoms with van der Waals surface area (Å²) in [7, 11) is 0. The van der Waals surface area contributed by atoms with Gasteiger partial charge in [-0.15, -0.1) is 0 Å². The zero-order valence-corrected chi connectivity index (χ0v) is 8.44. The monoisotopic (exact) mass is 215 g/mol. The molecule has 0 aromatic rings. The zero-order valence-electron chi connectivity index (χ0n) is 7.68. The van der Waals surface area contributed by atoms with Crippen molar-refractivity contribution < 1.29 is 9.59 Å². The van der Waals surface area contributed by atoms with E-state index in [9.17, 15) is 9.59 Å². The second kappa shape index (κ2) is 4.76. The molecule has 0 aromatic carbocycles. The van der Waals surface area contributed by atoms with Crippen molar-refractivity contribution in [1.29, 1.82) is 0 Å². The van der Waals surface area contributed by atoms with E-state index in [0.29, 0.717) is 6.54 Å². The van der Waals surface area contributed by atoms with Crippen LogP contribution < -0.4 is 0 Å². The summed E-state index contributed by atoms with van der Waals surface area (Å²) in [5.74, 6) is 0. The third-order valence-corrected chi connectivity index (χ3v) is 1.89. The molecular weight excluding hydrogens is 206 g/mol. The van der Waals surface area contributed by atoms with Crippen molar-refractivity contribution in [3.63, 3.8) is 0 Å². The van der Waals surface area contributed by atoms with Crippen molar-refractivity contribution >= 4 is 29.2 Å². The lowest BCUT2D eigenvalue weighted by atomic mass is 10.6. The smallest absolute Gasteiger partial charge is 0.255 e. The highest BCUT2D eigenvalue weighted by Crippen LogP contribution is 2.10. The first-order chi connectivity index (χ1) is 6.66. The van der Waals surface area contributed by atoms with Gasteiger partial charge in [0.25, 0.3) is 0 Å². The van der Waals surface area contributed by atoms with Gasteiger partial charge >= 0.3 is 11.4 Å². The summed E-state index contributed by atoms with van der Waals surface area (Å²) in [5.41, 5.74) is 0. The number of rotatable bonds is 2. The number of hydrogen-bond donors (Lipinski definition) is 0. The standard InChI is InChI=1S/C8H10ClN3O2/c1-2-3-4-10-12-6-5-11(7(9)13)8(12)14/h2-4H,5-6H2,1H3. The lowest BCUT2D eigenvalue weighted by Crippen LogP contribution is -2.30. The lowest BCUT2D eigenvalue weighted by molar-refractivity contribution is 0.195. The molecule has 3 amide bonds. The average Bonchev–Trinajstić information content (AvgIpc) is 2.48. The maximum Gasteiger partial charge on any atom is 0.348 e. The van der Waals surface area contributed by atoms with Crippen LogP contribution in [0.5, 0.6) is 0 Å². The molecule has 76 valence electrons. The van der Waals surface area contributed by atoms with E-state index in [0.717, 1.165) is 4.90 Å². The number of allylic oxidation sites excluding steroid dienone is 2. The summed E-state index contributed by atoms with van der Waals surface area (Å²) >= 11 is 5.18. The largest absolute Gasteiger partial charge is 0.348 e. The highest BCUT2D eigenvalue weighted by atomic mass is 35.5. The van der Waals surface area contributed by atoms with Gasteiger partial charge in [-0.3, -0.25) is 4.79 Å². The van der Waals surface area contributed by atoms with Gasteiger partial charge < -0.3 is 0 Å². The first-order valence-electron chi connectivity index (χ1n) is 4.10. The van der Waals surface area contributed by atoms with Crippen molar-refractivity contribution in [2.75, 3.05) is 13.1 Å². The van der Waals surface area contributed by atoms with Gasteiger partial charge in [0.2, 0.25) is 0 Å². The number of imide groups is 1. The molecule has 1 saturated heterocycles. The van der Waals surface area contributed by atoms with Crippen LogP contribution in [-0.4, -0.2) is 40.6 Å². The second-order valence-corrected chi connectivity index (χ2v) is 2.92.